The number of rotatable bonds is 7. The summed E-state index contributed by atoms with van der Waals surface area (Å²) in [5.41, 5.74) is 0. The third kappa shape index (κ3) is 6.69. The molecule has 3 nitrogen and oxygen atoms in total. The van der Waals surface area contributed by atoms with E-state index >= 15 is 0 Å². The van der Waals surface area contributed by atoms with Crippen molar-refractivity contribution in [2.75, 3.05) is 11.5 Å². The molecule has 0 bridgehead atoms. The van der Waals surface area contributed by atoms with Crippen molar-refractivity contribution in [3.63, 3.8) is 0 Å². The first kappa shape index (κ1) is 12.0. The lowest BCUT2D eigenvalue weighted by molar-refractivity contribution is 0.515. The molecule has 0 atom stereocenters. The summed E-state index contributed by atoms with van der Waals surface area (Å²) in [6.45, 7) is 5.38. The summed E-state index contributed by atoms with van der Waals surface area (Å²) < 4.78 is 26.6. The third-order valence-corrected chi connectivity index (χ3v) is 3.46. The molecule has 0 aromatic carbocycles. The fraction of sp³-hybridized carbons (Fsp3) is 0.714. The second-order valence-electron chi connectivity index (χ2n) is 2.26. The van der Waals surface area contributed by atoms with Crippen LogP contribution in [0.5, 0.6) is 0 Å². The van der Waals surface area contributed by atoms with E-state index in [4.69, 9.17) is 0 Å². The highest BCUT2D eigenvalue weighted by Crippen LogP contribution is 2.10. The molecule has 0 rings (SSSR count). The number of unbranched alkanes of at least 4 members (excludes halogenated alkanes) is 1. The molecule has 0 amide bonds. The standard InChI is InChI=1S/C7H14O3S2/c1-3-5-7-12(8,9)10-11-6-4-2/h4H,2-3,5-7H2,1H3. The SMILES string of the molecule is C=CCSOS(=O)(=O)CCCC. The highest BCUT2D eigenvalue weighted by atomic mass is 32.3. The van der Waals surface area contributed by atoms with Gasteiger partial charge in [-0.25, -0.2) is 0 Å². The van der Waals surface area contributed by atoms with Gasteiger partial charge in [0.15, 0.2) is 0 Å². The number of hydrogen-bond donors (Lipinski definition) is 0. The molecule has 72 valence electrons. The summed E-state index contributed by atoms with van der Waals surface area (Å²) in [6, 6.07) is 0. The van der Waals surface area contributed by atoms with Gasteiger partial charge in [0.05, 0.1) is 5.75 Å². The molecule has 0 unspecified atom stereocenters. The lowest BCUT2D eigenvalue weighted by Gasteiger charge is -2.00. The predicted molar refractivity (Wildman–Crippen MR) is 52.4 cm³/mol. The number of hydrogen-bond acceptors (Lipinski definition) is 4. The van der Waals surface area contributed by atoms with Gasteiger partial charge in [-0.3, -0.25) is 0 Å². The predicted octanol–water partition coefficient (Wildman–Crippen LogP) is 1.97. The minimum atomic E-state index is -3.30. The molecule has 0 aliphatic carbocycles. The molecule has 0 fully saturated rings. The summed E-state index contributed by atoms with van der Waals surface area (Å²) in [6.07, 6.45) is 3.10. The second kappa shape index (κ2) is 6.51. The van der Waals surface area contributed by atoms with E-state index < -0.39 is 10.1 Å². The Morgan fingerprint density at radius 2 is 2.25 bits per heavy atom. The molecule has 0 N–H and O–H groups in total. The molecule has 0 radical (unpaired) electrons. The zero-order valence-electron chi connectivity index (χ0n) is 7.15. The van der Waals surface area contributed by atoms with Crippen LogP contribution in [-0.4, -0.2) is 19.9 Å². The fourth-order valence-corrected chi connectivity index (χ4v) is 2.32. The molecule has 12 heavy (non-hydrogen) atoms. The highest BCUT2D eigenvalue weighted by molar-refractivity contribution is 8.04. The molecule has 0 saturated carbocycles. The Labute approximate surface area is 78.5 Å². The Bertz CT molecular complexity index is 209. The molecule has 0 aromatic rings. The van der Waals surface area contributed by atoms with Gasteiger partial charge in [-0.2, -0.15) is 12.0 Å². The van der Waals surface area contributed by atoms with Crippen LogP contribution in [0.4, 0.5) is 0 Å². The molecule has 5 heteroatoms. The Balaban J connectivity index is 3.64. The van der Waals surface area contributed by atoms with Crippen LogP contribution in [0, 0.1) is 0 Å². The van der Waals surface area contributed by atoms with Crippen molar-refractivity contribution >= 4 is 22.2 Å². The lowest BCUT2D eigenvalue weighted by atomic mass is 10.4. The van der Waals surface area contributed by atoms with Crippen molar-refractivity contribution in [1.29, 1.82) is 0 Å². The Morgan fingerprint density at radius 1 is 1.58 bits per heavy atom. The zero-order valence-corrected chi connectivity index (χ0v) is 8.79. The van der Waals surface area contributed by atoms with Crippen LogP contribution in [-0.2, 0) is 13.7 Å². The van der Waals surface area contributed by atoms with Gasteiger partial charge in [0, 0.05) is 17.8 Å². The summed E-state index contributed by atoms with van der Waals surface area (Å²) >= 11 is 0.905. The molecule has 0 heterocycles. The maximum Gasteiger partial charge on any atom is 0.278 e. The first-order valence-corrected chi connectivity index (χ1v) is 6.26. The monoisotopic (exact) mass is 210 g/mol. The average molecular weight is 210 g/mol. The Hall–Kier alpha value is -0.0000000000000000555. The summed E-state index contributed by atoms with van der Waals surface area (Å²) in [5, 5.41) is 0. The summed E-state index contributed by atoms with van der Waals surface area (Å²) in [4.78, 5) is 0. The highest BCUT2D eigenvalue weighted by Gasteiger charge is 2.09. The molecule has 0 aliphatic heterocycles. The van der Waals surface area contributed by atoms with Crippen LogP contribution >= 0.6 is 12.0 Å². The van der Waals surface area contributed by atoms with Gasteiger partial charge in [-0.1, -0.05) is 19.4 Å². The van der Waals surface area contributed by atoms with Crippen molar-refractivity contribution in [2.45, 2.75) is 19.8 Å². The minimum Gasteiger partial charge on any atom is -0.198 e. The van der Waals surface area contributed by atoms with Crippen molar-refractivity contribution < 1.29 is 12.0 Å². The average Bonchev–Trinajstić information content (AvgIpc) is 2.01. The Morgan fingerprint density at radius 3 is 2.75 bits per heavy atom. The summed E-state index contributed by atoms with van der Waals surface area (Å²) in [5.74, 6) is 0.596. The molecule has 0 spiro atoms. The zero-order chi connectivity index (χ0) is 9.45. The normalized spacial score (nSPS) is 11.4. The largest absolute Gasteiger partial charge is 0.278 e. The van der Waals surface area contributed by atoms with Gasteiger partial charge >= 0.3 is 0 Å². The quantitative estimate of drug-likeness (QED) is 0.366. The maximum atomic E-state index is 11.0. The van der Waals surface area contributed by atoms with Crippen molar-refractivity contribution in [1.82, 2.24) is 0 Å². The van der Waals surface area contributed by atoms with Gasteiger partial charge in [-0.15, -0.1) is 6.58 Å². The van der Waals surface area contributed by atoms with Gasteiger partial charge in [-0.05, 0) is 6.42 Å². The van der Waals surface area contributed by atoms with E-state index in [2.05, 4.69) is 10.2 Å². The molecule has 0 aromatic heterocycles. The van der Waals surface area contributed by atoms with Gasteiger partial charge < -0.3 is 0 Å². The van der Waals surface area contributed by atoms with E-state index in [0.717, 1.165) is 18.5 Å². The van der Waals surface area contributed by atoms with Crippen LogP contribution in [0.2, 0.25) is 0 Å². The minimum absolute atomic E-state index is 0.105. The van der Waals surface area contributed by atoms with Gasteiger partial charge in [0.1, 0.15) is 0 Å². The second-order valence-corrected chi connectivity index (χ2v) is 4.89. The summed E-state index contributed by atoms with van der Waals surface area (Å²) in [7, 11) is -3.30. The lowest BCUT2D eigenvalue weighted by Crippen LogP contribution is -2.06. The van der Waals surface area contributed by atoms with Crippen molar-refractivity contribution in [3.05, 3.63) is 12.7 Å². The van der Waals surface area contributed by atoms with Crippen LogP contribution in [0.25, 0.3) is 0 Å². The van der Waals surface area contributed by atoms with Crippen LogP contribution < -0.4 is 0 Å². The van der Waals surface area contributed by atoms with Crippen LogP contribution in [0.1, 0.15) is 19.8 Å². The maximum absolute atomic E-state index is 11.0. The van der Waals surface area contributed by atoms with E-state index in [1.165, 1.54) is 0 Å². The molecular formula is C7H14O3S2. The van der Waals surface area contributed by atoms with Gasteiger partial charge in [0.2, 0.25) is 0 Å². The van der Waals surface area contributed by atoms with Crippen LogP contribution in [0.3, 0.4) is 0 Å². The molecule has 0 aliphatic rings. The molecular weight excluding hydrogens is 196 g/mol. The van der Waals surface area contributed by atoms with Crippen LogP contribution in [0.15, 0.2) is 12.7 Å². The first-order valence-electron chi connectivity index (χ1n) is 3.77. The van der Waals surface area contributed by atoms with Crippen molar-refractivity contribution in [3.8, 4) is 0 Å². The third-order valence-electron chi connectivity index (χ3n) is 1.09. The van der Waals surface area contributed by atoms with E-state index in [1.54, 1.807) is 6.08 Å². The van der Waals surface area contributed by atoms with E-state index in [-0.39, 0.29) is 5.75 Å². The van der Waals surface area contributed by atoms with E-state index in [0.29, 0.717) is 12.2 Å². The Kier molecular flexibility index (Phi) is 6.51. The van der Waals surface area contributed by atoms with Crippen molar-refractivity contribution in [2.24, 2.45) is 0 Å². The molecule has 0 saturated heterocycles. The fourth-order valence-electron chi connectivity index (χ4n) is 0.504. The van der Waals surface area contributed by atoms with E-state index in [1.807, 2.05) is 6.92 Å². The van der Waals surface area contributed by atoms with Gasteiger partial charge in [0.25, 0.3) is 10.1 Å². The smallest absolute Gasteiger partial charge is 0.198 e. The first-order chi connectivity index (χ1) is 5.62. The van der Waals surface area contributed by atoms with E-state index in [9.17, 15) is 8.42 Å². The topological polar surface area (TPSA) is 43.4 Å².